The highest BCUT2D eigenvalue weighted by atomic mass is 19.4. The standard InChI is InChI=1S/C26H27F3N6O5/c1-15-10-18(14-39-15)23(37)35-24(40-13-17-6-4-16(11-30)5-7-17)31-22(32-35)20-19(36)12-34(21(20)26(27,28)29)25(38)33-8-2-3-9-33/h4-7,10,14,20-21H,2-3,8-9,11-13,30H2,1H3. The number of likely N-dealkylation sites (tertiary alicyclic amines) is 2. The first-order valence-corrected chi connectivity index (χ1v) is 12.7. The number of ether oxygens (including phenoxy) is 1. The predicted octanol–water partition coefficient (Wildman–Crippen LogP) is 3.02. The van der Waals surface area contributed by atoms with Crippen LogP contribution in [0.5, 0.6) is 6.01 Å². The van der Waals surface area contributed by atoms with Crippen LogP contribution in [0.15, 0.2) is 41.0 Å². The van der Waals surface area contributed by atoms with Gasteiger partial charge in [0.25, 0.3) is 5.91 Å². The Hall–Kier alpha value is -4.20. The molecule has 4 heterocycles. The van der Waals surface area contributed by atoms with Crippen LogP contribution in [0.1, 0.15) is 51.8 Å². The van der Waals surface area contributed by atoms with E-state index in [2.05, 4.69) is 10.1 Å². The number of nitrogens with zero attached hydrogens (tertiary/aromatic N) is 5. The number of hydrogen-bond donors (Lipinski definition) is 1. The molecule has 2 N–H and O–H groups in total. The maximum Gasteiger partial charge on any atom is 0.410 e. The lowest BCUT2D eigenvalue weighted by Crippen LogP contribution is -2.51. The van der Waals surface area contributed by atoms with Crippen LogP contribution in [0, 0.1) is 6.92 Å². The molecular weight excluding hydrogens is 533 g/mol. The SMILES string of the molecule is Cc1cc(C(=O)n2nc(C3C(=O)CN(C(=O)N4CCCC4)C3C(F)(F)F)nc2OCc2ccc(CN)cc2)co1. The Bertz CT molecular complexity index is 1410. The maximum atomic E-state index is 14.4. The highest BCUT2D eigenvalue weighted by molar-refractivity contribution is 5.97. The fraction of sp³-hybridized carbons (Fsp3) is 0.423. The molecule has 0 bridgehead atoms. The molecule has 0 aliphatic carbocycles. The van der Waals surface area contributed by atoms with Gasteiger partial charge in [0.2, 0.25) is 0 Å². The van der Waals surface area contributed by atoms with Crippen molar-refractivity contribution in [2.75, 3.05) is 19.6 Å². The summed E-state index contributed by atoms with van der Waals surface area (Å²) in [7, 11) is 0. The number of hydrogen-bond acceptors (Lipinski definition) is 8. The van der Waals surface area contributed by atoms with Gasteiger partial charge < -0.3 is 24.7 Å². The van der Waals surface area contributed by atoms with Crippen LogP contribution in [0.25, 0.3) is 0 Å². The third kappa shape index (κ3) is 5.30. The second-order valence-corrected chi connectivity index (χ2v) is 9.76. The maximum absolute atomic E-state index is 14.4. The molecule has 0 radical (unpaired) electrons. The van der Waals surface area contributed by atoms with Crippen molar-refractivity contribution >= 4 is 17.7 Å². The number of furan rings is 1. The van der Waals surface area contributed by atoms with Gasteiger partial charge in [-0.3, -0.25) is 9.59 Å². The van der Waals surface area contributed by atoms with Crippen molar-refractivity contribution in [3.8, 4) is 6.01 Å². The summed E-state index contributed by atoms with van der Waals surface area (Å²) in [5.41, 5.74) is 7.23. The predicted molar refractivity (Wildman–Crippen MR) is 132 cm³/mol. The third-order valence-electron chi connectivity index (χ3n) is 6.95. The Morgan fingerprint density at radius 3 is 2.42 bits per heavy atom. The van der Waals surface area contributed by atoms with Crippen molar-refractivity contribution in [1.82, 2.24) is 24.6 Å². The number of aromatic nitrogens is 3. The van der Waals surface area contributed by atoms with Gasteiger partial charge in [-0.15, -0.1) is 9.78 Å². The van der Waals surface area contributed by atoms with E-state index in [1.165, 1.54) is 17.2 Å². The quantitative estimate of drug-likeness (QED) is 0.486. The minimum Gasteiger partial charge on any atom is -0.469 e. The molecular formula is C26H27F3N6O5. The van der Waals surface area contributed by atoms with Gasteiger partial charge in [-0.2, -0.15) is 18.2 Å². The highest BCUT2D eigenvalue weighted by Crippen LogP contribution is 2.41. The van der Waals surface area contributed by atoms with Crippen LogP contribution in [0.3, 0.4) is 0 Å². The summed E-state index contributed by atoms with van der Waals surface area (Å²) >= 11 is 0. The third-order valence-corrected chi connectivity index (χ3v) is 6.95. The van der Waals surface area contributed by atoms with E-state index in [0.29, 0.717) is 53.4 Å². The van der Waals surface area contributed by atoms with Gasteiger partial charge >= 0.3 is 18.2 Å². The summed E-state index contributed by atoms with van der Waals surface area (Å²) in [5.74, 6) is -3.74. The number of benzene rings is 1. The van der Waals surface area contributed by atoms with E-state index in [9.17, 15) is 27.6 Å². The number of carbonyl (C=O) groups is 3. The second-order valence-electron chi connectivity index (χ2n) is 9.76. The van der Waals surface area contributed by atoms with E-state index in [-0.39, 0.29) is 12.2 Å². The minimum absolute atomic E-state index is 0.0575. The summed E-state index contributed by atoms with van der Waals surface area (Å²) in [5, 5.41) is 4.02. The zero-order valence-corrected chi connectivity index (χ0v) is 21.6. The molecule has 2 aliphatic rings. The molecule has 0 saturated carbocycles. The molecule has 2 fully saturated rings. The Morgan fingerprint density at radius 2 is 1.82 bits per heavy atom. The molecule has 2 aromatic heterocycles. The molecule has 5 rings (SSSR count). The minimum atomic E-state index is -4.96. The van der Waals surface area contributed by atoms with Gasteiger partial charge in [0.05, 0.1) is 12.1 Å². The van der Waals surface area contributed by atoms with Crippen molar-refractivity contribution in [2.24, 2.45) is 5.73 Å². The van der Waals surface area contributed by atoms with Crippen LogP contribution in [-0.2, 0) is 17.9 Å². The number of nitrogens with two attached hydrogens (primary N) is 1. The number of urea groups is 1. The number of halogens is 3. The van der Waals surface area contributed by atoms with Gasteiger partial charge in [-0.1, -0.05) is 24.3 Å². The number of alkyl halides is 3. The lowest BCUT2D eigenvalue weighted by molar-refractivity contribution is -0.174. The van der Waals surface area contributed by atoms with Crippen LogP contribution < -0.4 is 10.5 Å². The number of amides is 2. The average Bonchev–Trinajstić information content (AvgIpc) is 3.72. The summed E-state index contributed by atoms with van der Waals surface area (Å²) in [6, 6.07) is 4.72. The summed E-state index contributed by atoms with van der Waals surface area (Å²) in [4.78, 5) is 45.1. The molecule has 2 atom stereocenters. The first kappa shape index (κ1) is 27.4. The first-order chi connectivity index (χ1) is 19.1. The molecule has 1 aromatic carbocycles. The van der Waals surface area contributed by atoms with Gasteiger partial charge in [-0.25, -0.2) is 4.79 Å². The van der Waals surface area contributed by atoms with Crippen LogP contribution in [0.2, 0.25) is 0 Å². The van der Waals surface area contributed by atoms with Crippen LogP contribution in [0.4, 0.5) is 18.0 Å². The van der Waals surface area contributed by atoms with Gasteiger partial charge in [-0.05, 0) is 37.0 Å². The average molecular weight is 561 g/mol. The van der Waals surface area contributed by atoms with Crippen molar-refractivity contribution in [3.63, 3.8) is 0 Å². The topological polar surface area (TPSA) is 137 Å². The van der Waals surface area contributed by atoms with Crippen molar-refractivity contribution < 1.29 is 36.7 Å². The number of Topliss-reactive ketones (excluding diaryl/α,β-unsaturated/α-hetero) is 1. The molecule has 2 saturated heterocycles. The molecule has 2 unspecified atom stereocenters. The molecule has 3 aromatic rings. The molecule has 212 valence electrons. The van der Waals surface area contributed by atoms with E-state index in [4.69, 9.17) is 14.9 Å². The monoisotopic (exact) mass is 560 g/mol. The van der Waals surface area contributed by atoms with Crippen molar-refractivity contribution in [1.29, 1.82) is 0 Å². The van der Waals surface area contributed by atoms with Gasteiger partial charge in [0.15, 0.2) is 11.6 Å². The van der Waals surface area contributed by atoms with E-state index >= 15 is 0 Å². The summed E-state index contributed by atoms with van der Waals surface area (Å²) in [6.07, 6.45) is -2.45. The number of ketones is 1. The largest absolute Gasteiger partial charge is 0.469 e. The number of aryl methyl sites for hydroxylation is 1. The molecule has 14 heteroatoms. The Labute approximate surface area is 226 Å². The normalized spacial score (nSPS) is 19.5. The fourth-order valence-electron chi connectivity index (χ4n) is 4.92. The molecule has 40 heavy (non-hydrogen) atoms. The Kier molecular flexibility index (Phi) is 7.36. The van der Waals surface area contributed by atoms with Crippen molar-refractivity contribution in [2.45, 2.75) is 51.1 Å². The molecule has 0 spiro atoms. The van der Waals surface area contributed by atoms with Crippen LogP contribution in [-0.4, -0.2) is 74.1 Å². The van der Waals surface area contributed by atoms with E-state index in [1.54, 1.807) is 31.2 Å². The summed E-state index contributed by atoms with van der Waals surface area (Å²) < 4.78 is 54.8. The smallest absolute Gasteiger partial charge is 0.410 e. The Morgan fingerprint density at radius 1 is 1.15 bits per heavy atom. The van der Waals surface area contributed by atoms with E-state index < -0.39 is 54.2 Å². The molecule has 2 aliphatic heterocycles. The van der Waals surface area contributed by atoms with E-state index in [0.717, 1.165) is 5.56 Å². The fourth-order valence-corrected chi connectivity index (χ4v) is 4.92. The zero-order valence-electron chi connectivity index (χ0n) is 21.6. The van der Waals surface area contributed by atoms with Crippen LogP contribution >= 0.6 is 0 Å². The molecule has 2 amide bonds. The second kappa shape index (κ2) is 10.8. The highest BCUT2D eigenvalue weighted by Gasteiger charge is 2.59. The first-order valence-electron chi connectivity index (χ1n) is 12.7. The Balaban J connectivity index is 1.50. The number of rotatable bonds is 6. The lowest BCUT2D eigenvalue weighted by Gasteiger charge is -2.31. The van der Waals surface area contributed by atoms with Gasteiger partial charge in [0.1, 0.15) is 30.6 Å². The lowest BCUT2D eigenvalue weighted by atomic mass is 9.98. The van der Waals surface area contributed by atoms with Gasteiger partial charge in [0, 0.05) is 19.6 Å². The number of carbonyl (C=O) groups excluding carboxylic acids is 3. The zero-order chi connectivity index (χ0) is 28.6. The summed E-state index contributed by atoms with van der Waals surface area (Å²) in [6.45, 7) is 1.73. The van der Waals surface area contributed by atoms with Crippen molar-refractivity contribution in [3.05, 3.63) is 64.9 Å². The molecule has 11 nitrogen and oxygen atoms in total. The van der Waals surface area contributed by atoms with E-state index in [1.807, 2.05) is 0 Å².